The van der Waals surface area contributed by atoms with Gasteiger partial charge >= 0.3 is 6.01 Å². The first kappa shape index (κ1) is 10.4. The largest absolute Gasteiger partial charge is 0.407 e. The van der Waals surface area contributed by atoms with Gasteiger partial charge in [0.2, 0.25) is 5.89 Å². The van der Waals surface area contributed by atoms with Crippen LogP contribution in [0.2, 0.25) is 0 Å². The van der Waals surface area contributed by atoms with Crippen LogP contribution >= 0.6 is 0 Å². The van der Waals surface area contributed by atoms with Crippen molar-refractivity contribution in [3.05, 3.63) is 5.89 Å². The SMILES string of the molecule is NCc1nnc(NCCC2CCCO2)o1. The van der Waals surface area contributed by atoms with E-state index < -0.39 is 0 Å². The predicted octanol–water partition coefficient (Wildman–Crippen LogP) is 0.509. The van der Waals surface area contributed by atoms with Gasteiger partial charge in [-0.15, -0.1) is 5.10 Å². The predicted molar refractivity (Wildman–Crippen MR) is 54.3 cm³/mol. The maximum Gasteiger partial charge on any atom is 0.315 e. The van der Waals surface area contributed by atoms with Gasteiger partial charge in [0.1, 0.15) is 0 Å². The van der Waals surface area contributed by atoms with Crippen LogP contribution < -0.4 is 11.1 Å². The molecular formula is C9H16N4O2. The molecule has 0 bridgehead atoms. The Balaban J connectivity index is 1.68. The zero-order valence-corrected chi connectivity index (χ0v) is 8.61. The van der Waals surface area contributed by atoms with Crippen molar-refractivity contribution in [3.63, 3.8) is 0 Å². The Morgan fingerprint density at radius 3 is 3.07 bits per heavy atom. The van der Waals surface area contributed by atoms with Crippen molar-refractivity contribution < 1.29 is 9.15 Å². The topological polar surface area (TPSA) is 86.2 Å². The van der Waals surface area contributed by atoms with Crippen molar-refractivity contribution in [2.24, 2.45) is 5.73 Å². The van der Waals surface area contributed by atoms with Gasteiger partial charge in [0, 0.05) is 13.2 Å². The molecule has 0 saturated carbocycles. The minimum absolute atomic E-state index is 0.278. The number of nitrogens with one attached hydrogen (secondary N) is 1. The zero-order valence-electron chi connectivity index (χ0n) is 8.61. The van der Waals surface area contributed by atoms with E-state index in [0.717, 1.165) is 26.0 Å². The van der Waals surface area contributed by atoms with E-state index in [-0.39, 0.29) is 6.54 Å². The average Bonchev–Trinajstić information content (AvgIpc) is 2.88. The average molecular weight is 212 g/mol. The molecule has 6 heteroatoms. The van der Waals surface area contributed by atoms with Crippen LogP contribution in [0.4, 0.5) is 6.01 Å². The second-order valence-electron chi connectivity index (χ2n) is 3.56. The van der Waals surface area contributed by atoms with Gasteiger partial charge in [0.05, 0.1) is 12.6 Å². The molecule has 0 aliphatic carbocycles. The molecule has 0 spiro atoms. The van der Waals surface area contributed by atoms with Gasteiger partial charge in [-0.3, -0.25) is 0 Å². The molecule has 1 atom stereocenters. The van der Waals surface area contributed by atoms with Crippen LogP contribution in [-0.4, -0.2) is 29.5 Å². The molecule has 3 N–H and O–H groups in total. The zero-order chi connectivity index (χ0) is 10.5. The minimum Gasteiger partial charge on any atom is -0.407 e. The first-order valence-electron chi connectivity index (χ1n) is 5.26. The summed E-state index contributed by atoms with van der Waals surface area (Å²) in [5, 5.41) is 10.6. The maximum atomic E-state index is 5.49. The fourth-order valence-electron chi connectivity index (χ4n) is 1.62. The molecule has 6 nitrogen and oxygen atoms in total. The molecule has 1 fully saturated rings. The van der Waals surface area contributed by atoms with Gasteiger partial charge in [0.25, 0.3) is 0 Å². The number of hydrogen-bond donors (Lipinski definition) is 2. The highest BCUT2D eigenvalue weighted by Crippen LogP contribution is 2.15. The van der Waals surface area contributed by atoms with Crippen molar-refractivity contribution >= 4 is 6.01 Å². The van der Waals surface area contributed by atoms with E-state index in [9.17, 15) is 0 Å². The number of hydrogen-bond acceptors (Lipinski definition) is 6. The van der Waals surface area contributed by atoms with Crippen molar-refractivity contribution in [3.8, 4) is 0 Å². The molecule has 1 aliphatic rings. The highest BCUT2D eigenvalue weighted by molar-refractivity contribution is 5.16. The fraction of sp³-hybridized carbons (Fsp3) is 0.778. The maximum absolute atomic E-state index is 5.49. The molecule has 1 unspecified atom stereocenters. The van der Waals surface area contributed by atoms with E-state index in [2.05, 4.69) is 15.5 Å². The van der Waals surface area contributed by atoms with Gasteiger partial charge in [-0.25, -0.2) is 0 Å². The summed E-state index contributed by atoms with van der Waals surface area (Å²) in [7, 11) is 0. The van der Waals surface area contributed by atoms with E-state index in [4.69, 9.17) is 14.9 Å². The van der Waals surface area contributed by atoms with E-state index in [1.165, 1.54) is 6.42 Å². The Labute approximate surface area is 88.2 Å². The highest BCUT2D eigenvalue weighted by atomic mass is 16.5. The molecule has 84 valence electrons. The molecule has 0 amide bonds. The van der Waals surface area contributed by atoms with Gasteiger partial charge in [0.15, 0.2) is 0 Å². The number of anilines is 1. The monoisotopic (exact) mass is 212 g/mol. The van der Waals surface area contributed by atoms with Crippen LogP contribution in [0.1, 0.15) is 25.2 Å². The quantitative estimate of drug-likeness (QED) is 0.739. The Kier molecular flexibility index (Phi) is 3.52. The van der Waals surface area contributed by atoms with E-state index >= 15 is 0 Å². The summed E-state index contributed by atoms with van der Waals surface area (Å²) >= 11 is 0. The van der Waals surface area contributed by atoms with Crippen LogP contribution in [-0.2, 0) is 11.3 Å². The molecule has 1 saturated heterocycles. The Bertz CT molecular complexity index is 296. The molecule has 2 rings (SSSR count). The van der Waals surface area contributed by atoms with E-state index in [0.29, 0.717) is 18.0 Å². The lowest BCUT2D eigenvalue weighted by Crippen LogP contribution is -2.12. The smallest absolute Gasteiger partial charge is 0.315 e. The second kappa shape index (κ2) is 5.09. The van der Waals surface area contributed by atoms with E-state index in [1.54, 1.807) is 0 Å². The number of nitrogens with zero attached hydrogens (tertiary/aromatic N) is 2. The van der Waals surface area contributed by atoms with Crippen molar-refractivity contribution in [2.45, 2.75) is 31.9 Å². The summed E-state index contributed by atoms with van der Waals surface area (Å²) in [6, 6.07) is 0.438. The van der Waals surface area contributed by atoms with Crippen LogP contribution in [0.25, 0.3) is 0 Å². The highest BCUT2D eigenvalue weighted by Gasteiger charge is 2.15. The molecule has 0 aromatic carbocycles. The summed E-state index contributed by atoms with van der Waals surface area (Å²) < 4.78 is 10.7. The third-order valence-electron chi connectivity index (χ3n) is 2.41. The number of rotatable bonds is 5. The van der Waals surface area contributed by atoms with Crippen LogP contribution in [0.15, 0.2) is 4.42 Å². The van der Waals surface area contributed by atoms with Crippen LogP contribution in [0.3, 0.4) is 0 Å². The second-order valence-corrected chi connectivity index (χ2v) is 3.56. The standard InChI is InChI=1S/C9H16N4O2/c10-6-8-12-13-9(15-8)11-4-3-7-2-1-5-14-7/h7H,1-6,10H2,(H,11,13). The first-order valence-corrected chi connectivity index (χ1v) is 5.26. The Morgan fingerprint density at radius 1 is 1.47 bits per heavy atom. The number of nitrogens with two attached hydrogens (primary N) is 1. The minimum atomic E-state index is 0.278. The molecule has 0 radical (unpaired) electrons. The normalized spacial score (nSPS) is 20.7. The molecule has 1 aromatic heterocycles. The number of ether oxygens (including phenoxy) is 1. The molecule has 1 aromatic rings. The van der Waals surface area contributed by atoms with Gasteiger partial charge in [-0.1, -0.05) is 5.10 Å². The Hall–Kier alpha value is -1.14. The van der Waals surface area contributed by atoms with Crippen molar-refractivity contribution in [1.82, 2.24) is 10.2 Å². The van der Waals surface area contributed by atoms with Crippen LogP contribution in [0, 0.1) is 0 Å². The van der Waals surface area contributed by atoms with Gasteiger partial charge < -0.3 is 20.2 Å². The molecule has 1 aliphatic heterocycles. The van der Waals surface area contributed by atoms with Gasteiger partial charge in [-0.2, -0.15) is 0 Å². The number of aromatic nitrogens is 2. The summed E-state index contributed by atoms with van der Waals surface area (Å²) in [5.74, 6) is 0.453. The Morgan fingerprint density at radius 2 is 2.40 bits per heavy atom. The molecule has 15 heavy (non-hydrogen) atoms. The summed E-state index contributed by atoms with van der Waals surface area (Å²) in [4.78, 5) is 0. The first-order chi connectivity index (χ1) is 7.38. The van der Waals surface area contributed by atoms with Gasteiger partial charge in [-0.05, 0) is 19.3 Å². The van der Waals surface area contributed by atoms with Crippen molar-refractivity contribution in [2.75, 3.05) is 18.5 Å². The van der Waals surface area contributed by atoms with Crippen molar-refractivity contribution in [1.29, 1.82) is 0 Å². The molecular weight excluding hydrogens is 196 g/mol. The fourth-order valence-corrected chi connectivity index (χ4v) is 1.62. The lowest BCUT2D eigenvalue weighted by molar-refractivity contribution is 0.107. The summed E-state index contributed by atoms with van der Waals surface area (Å²) in [6.45, 7) is 1.96. The lowest BCUT2D eigenvalue weighted by Gasteiger charge is -2.08. The lowest BCUT2D eigenvalue weighted by atomic mass is 10.2. The summed E-state index contributed by atoms with van der Waals surface area (Å²) in [5.41, 5.74) is 5.35. The van der Waals surface area contributed by atoms with E-state index in [1.807, 2.05) is 0 Å². The van der Waals surface area contributed by atoms with Crippen LogP contribution in [0.5, 0.6) is 0 Å². The third-order valence-corrected chi connectivity index (χ3v) is 2.41. The molecule has 2 heterocycles. The summed E-state index contributed by atoms with van der Waals surface area (Å²) in [6.07, 6.45) is 3.68. The third kappa shape index (κ3) is 2.90.